The smallest absolute Gasteiger partial charge is 0.258 e. The van der Waals surface area contributed by atoms with Gasteiger partial charge in [0.05, 0.1) is 5.60 Å². The highest BCUT2D eigenvalue weighted by molar-refractivity contribution is 5.77. The van der Waals surface area contributed by atoms with Gasteiger partial charge < -0.3 is 19.5 Å². The van der Waals surface area contributed by atoms with Gasteiger partial charge in [-0.2, -0.15) is 0 Å². The lowest BCUT2D eigenvalue weighted by Gasteiger charge is -2.27. The molecule has 1 heterocycles. The van der Waals surface area contributed by atoms with E-state index in [2.05, 4.69) is 17.4 Å². The van der Waals surface area contributed by atoms with Crippen LogP contribution in [0.25, 0.3) is 0 Å². The number of methoxy groups -OCH3 is 1. The molecule has 4 rings (SSSR count). The van der Waals surface area contributed by atoms with Crippen molar-refractivity contribution in [2.24, 2.45) is 0 Å². The molecular formula is C23H27NO4. The van der Waals surface area contributed by atoms with Crippen molar-refractivity contribution in [2.75, 3.05) is 20.3 Å². The topological polar surface area (TPSA) is 56.8 Å². The molecule has 5 nitrogen and oxygen atoms in total. The van der Waals surface area contributed by atoms with Crippen molar-refractivity contribution in [2.45, 2.75) is 44.3 Å². The van der Waals surface area contributed by atoms with Gasteiger partial charge in [-0.05, 0) is 31.0 Å². The fraction of sp³-hybridized carbons (Fsp3) is 0.435. The first-order valence-corrected chi connectivity index (χ1v) is 9.72. The minimum absolute atomic E-state index is 0.0486. The molecule has 0 fully saturated rings. The van der Waals surface area contributed by atoms with Crippen LogP contribution in [0.3, 0.4) is 0 Å². The predicted molar refractivity (Wildman–Crippen MR) is 107 cm³/mol. The third kappa shape index (κ3) is 3.72. The van der Waals surface area contributed by atoms with Gasteiger partial charge in [-0.25, -0.2) is 0 Å². The molecule has 1 amide bonds. The van der Waals surface area contributed by atoms with Crippen LogP contribution in [-0.2, 0) is 28.8 Å². The summed E-state index contributed by atoms with van der Waals surface area (Å²) in [4.78, 5) is 12.4. The van der Waals surface area contributed by atoms with E-state index in [-0.39, 0.29) is 23.7 Å². The summed E-state index contributed by atoms with van der Waals surface area (Å²) in [5, 5.41) is 2.98. The molecule has 1 N–H and O–H groups in total. The van der Waals surface area contributed by atoms with Crippen LogP contribution in [-0.4, -0.2) is 37.4 Å². The number of fused-ring (bicyclic) bond motifs is 2. The van der Waals surface area contributed by atoms with Crippen LogP contribution in [0, 0.1) is 0 Å². The molecule has 0 bridgehead atoms. The Bertz CT molecular complexity index is 865. The van der Waals surface area contributed by atoms with Crippen molar-refractivity contribution in [3.8, 4) is 11.5 Å². The molecule has 0 spiro atoms. The zero-order valence-corrected chi connectivity index (χ0v) is 16.7. The van der Waals surface area contributed by atoms with E-state index in [0.29, 0.717) is 12.3 Å². The van der Waals surface area contributed by atoms with Crippen molar-refractivity contribution in [3.63, 3.8) is 0 Å². The largest absolute Gasteiger partial charge is 0.483 e. The van der Waals surface area contributed by atoms with Gasteiger partial charge in [0, 0.05) is 38.5 Å². The Hall–Kier alpha value is -2.53. The average Bonchev–Trinajstić information content (AvgIpc) is 3.21. The number of para-hydroxylation sites is 1. The highest BCUT2D eigenvalue weighted by Crippen LogP contribution is 2.41. The van der Waals surface area contributed by atoms with E-state index in [9.17, 15) is 4.79 Å². The summed E-state index contributed by atoms with van der Waals surface area (Å²) in [6.45, 7) is 4.50. The first-order valence-electron chi connectivity index (χ1n) is 9.72. The van der Waals surface area contributed by atoms with Crippen molar-refractivity contribution < 1.29 is 19.0 Å². The molecule has 5 heteroatoms. The van der Waals surface area contributed by atoms with Gasteiger partial charge in [0.25, 0.3) is 5.91 Å². The number of carbonyl (C=O) groups excluding carboxylic acids is 1. The molecule has 28 heavy (non-hydrogen) atoms. The maximum absolute atomic E-state index is 12.4. The molecule has 0 saturated heterocycles. The SMILES string of the molecule is COC1(CNC(=O)COc2cccc3c2OC(C)(C)C3)Cc2ccccc2C1. The van der Waals surface area contributed by atoms with Gasteiger partial charge in [-0.1, -0.05) is 36.4 Å². The highest BCUT2D eigenvalue weighted by atomic mass is 16.5. The summed E-state index contributed by atoms with van der Waals surface area (Å²) in [7, 11) is 1.71. The monoisotopic (exact) mass is 381 g/mol. The predicted octanol–water partition coefficient (Wildman–Crippen LogP) is 3.08. The molecule has 148 valence electrons. The van der Waals surface area contributed by atoms with Crippen molar-refractivity contribution >= 4 is 5.91 Å². The normalized spacial score (nSPS) is 18.1. The average molecular weight is 381 g/mol. The summed E-state index contributed by atoms with van der Waals surface area (Å²) >= 11 is 0. The molecule has 0 radical (unpaired) electrons. The zero-order valence-electron chi connectivity index (χ0n) is 16.7. The van der Waals surface area contributed by atoms with Gasteiger partial charge in [0.15, 0.2) is 18.1 Å². The molecule has 2 aromatic carbocycles. The van der Waals surface area contributed by atoms with E-state index in [1.165, 1.54) is 11.1 Å². The van der Waals surface area contributed by atoms with E-state index in [1.54, 1.807) is 7.11 Å². The summed E-state index contributed by atoms with van der Waals surface area (Å²) in [6, 6.07) is 14.1. The lowest BCUT2D eigenvalue weighted by molar-refractivity contribution is -0.124. The van der Waals surface area contributed by atoms with E-state index >= 15 is 0 Å². The van der Waals surface area contributed by atoms with Crippen LogP contribution in [0.15, 0.2) is 42.5 Å². The standard InChI is InChI=1S/C23H27NO4/c1-22(2)11-18-9-6-10-19(21(18)28-22)27-14-20(25)24-15-23(26-3)12-16-7-4-5-8-17(16)13-23/h4-10H,11-15H2,1-3H3,(H,24,25). The fourth-order valence-electron chi connectivity index (χ4n) is 4.16. The fourth-order valence-corrected chi connectivity index (χ4v) is 4.16. The molecule has 0 atom stereocenters. The maximum Gasteiger partial charge on any atom is 0.258 e. The number of benzene rings is 2. The third-order valence-corrected chi connectivity index (χ3v) is 5.60. The molecule has 0 aromatic heterocycles. The molecular weight excluding hydrogens is 354 g/mol. The number of carbonyl (C=O) groups is 1. The Kier molecular flexibility index (Phi) is 4.79. The second kappa shape index (κ2) is 7.13. The number of ether oxygens (including phenoxy) is 3. The Morgan fingerprint density at radius 3 is 2.39 bits per heavy atom. The zero-order chi connectivity index (χ0) is 19.8. The van der Waals surface area contributed by atoms with Crippen LogP contribution in [0.5, 0.6) is 11.5 Å². The number of nitrogens with one attached hydrogen (secondary N) is 1. The first kappa shape index (κ1) is 18.8. The molecule has 0 unspecified atom stereocenters. The van der Waals surface area contributed by atoms with Crippen LogP contribution in [0.2, 0.25) is 0 Å². The minimum atomic E-state index is -0.388. The van der Waals surface area contributed by atoms with E-state index in [4.69, 9.17) is 14.2 Å². The number of hydrogen-bond donors (Lipinski definition) is 1. The van der Waals surface area contributed by atoms with Crippen LogP contribution >= 0.6 is 0 Å². The number of rotatable bonds is 6. The molecule has 2 aliphatic rings. The minimum Gasteiger partial charge on any atom is -0.483 e. The van der Waals surface area contributed by atoms with Crippen molar-refractivity contribution in [1.82, 2.24) is 5.32 Å². The summed E-state index contributed by atoms with van der Waals surface area (Å²) in [5.74, 6) is 1.20. The molecule has 0 saturated carbocycles. The second-order valence-corrected chi connectivity index (χ2v) is 8.36. The number of amides is 1. The molecule has 2 aromatic rings. The Balaban J connectivity index is 1.33. The maximum atomic E-state index is 12.4. The van der Waals surface area contributed by atoms with Crippen LogP contribution in [0.1, 0.15) is 30.5 Å². The van der Waals surface area contributed by atoms with Gasteiger partial charge in [0.1, 0.15) is 5.60 Å². The van der Waals surface area contributed by atoms with Gasteiger partial charge in [0.2, 0.25) is 0 Å². The van der Waals surface area contributed by atoms with Gasteiger partial charge >= 0.3 is 0 Å². The number of hydrogen-bond acceptors (Lipinski definition) is 4. The van der Waals surface area contributed by atoms with Gasteiger partial charge in [-0.15, -0.1) is 0 Å². The Morgan fingerprint density at radius 2 is 1.71 bits per heavy atom. The summed E-state index contributed by atoms with van der Waals surface area (Å²) in [5.41, 5.74) is 3.06. The second-order valence-electron chi connectivity index (χ2n) is 8.36. The third-order valence-electron chi connectivity index (χ3n) is 5.60. The van der Waals surface area contributed by atoms with Crippen molar-refractivity contribution in [3.05, 3.63) is 59.2 Å². The quantitative estimate of drug-likeness (QED) is 0.836. The highest BCUT2D eigenvalue weighted by Gasteiger charge is 2.37. The Morgan fingerprint density at radius 1 is 1.04 bits per heavy atom. The lowest BCUT2D eigenvalue weighted by atomic mass is 10.00. The van der Waals surface area contributed by atoms with E-state index < -0.39 is 0 Å². The van der Waals surface area contributed by atoms with Crippen LogP contribution in [0.4, 0.5) is 0 Å². The van der Waals surface area contributed by atoms with E-state index in [0.717, 1.165) is 30.6 Å². The van der Waals surface area contributed by atoms with Crippen LogP contribution < -0.4 is 14.8 Å². The Labute approximate surface area is 166 Å². The lowest BCUT2D eigenvalue weighted by Crippen LogP contribution is -2.46. The van der Waals surface area contributed by atoms with Gasteiger partial charge in [-0.3, -0.25) is 4.79 Å². The molecule has 1 aliphatic carbocycles. The first-order chi connectivity index (χ1) is 13.4. The van der Waals surface area contributed by atoms with E-state index in [1.807, 2.05) is 44.2 Å². The summed E-state index contributed by atoms with van der Waals surface area (Å²) < 4.78 is 17.6. The molecule has 1 aliphatic heterocycles. The van der Waals surface area contributed by atoms with Crippen molar-refractivity contribution in [1.29, 1.82) is 0 Å². The summed E-state index contributed by atoms with van der Waals surface area (Å²) in [6.07, 6.45) is 2.44.